The molecule has 0 fully saturated rings. The van der Waals surface area contributed by atoms with Gasteiger partial charge in [-0.15, -0.1) is 0 Å². The zero-order valence-corrected chi connectivity index (χ0v) is 32.1. The van der Waals surface area contributed by atoms with E-state index < -0.39 is 12.1 Å². The molecule has 0 aromatic heterocycles. The van der Waals surface area contributed by atoms with Crippen LogP contribution in [0.3, 0.4) is 0 Å². The van der Waals surface area contributed by atoms with Crippen molar-refractivity contribution in [2.75, 3.05) is 6.61 Å². The van der Waals surface area contributed by atoms with E-state index in [1.165, 1.54) is 186 Å². The van der Waals surface area contributed by atoms with Crippen LogP contribution in [0.25, 0.3) is 0 Å². The quantitative estimate of drug-likeness (QED) is 0.0453. The summed E-state index contributed by atoms with van der Waals surface area (Å²) in [6, 6.07) is -0.613. The van der Waals surface area contributed by atoms with Crippen molar-refractivity contribution in [2.24, 2.45) is 0 Å². The van der Waals surface area contributed by atoms with Gasteiger partial charge in [0, 0.05) is 6.42 Å². The van der Waals surface area contributed by atoms with E-state index in [4.69, 9.17) is 0 Å². The zero-order chi connectivity index (χ0) is 34.3. The number of amides is 1. The number of carbonyl (C=O) groups excluding carboxylic acids is 1. The maximum atomic E-state index is 12.1. The molecule has 0 saturated carbocycles. The van der Waals surface area contributed by atoms with Crippen LogP contribution >= 0.6 is 0 Å². The first-order valence-corrected chi connectivity index (χ1v) is 21.4. The monoisotopic (exact) mass is 664 g/mol. The molecule has 0 aliphatic rings. The van der Waals surface area contributed by atoms with E-state index in [2.05, 4.69) is 19.2 Å². The van der Waals surface area contributed by atoms with Gasteiger partial charge in [-0.1, -0.05) is 225 Å². The van der Waals surface area contributed by atoms with Crippen LogP contribution in [0.1, 0.15) is 239 Å². The van der Waals surface area contributed by atoms with Gasteiger partial charge in [0.1, 0.15) is 0 Å². The highest BCUT2D eigenvalue weighted by molar-refractivity contribution is 5.76. The highest BCUT2D eigenvalue weighted by Crippen LogP contribution is 2.16. The SMILES string of the molecule is CCCCCCCCCCCCCCCCCCCCCCCCCCCCCC/C=C/C(O)C(CO)NC(=O)CCCCCCC. The molecule has 2 atom stereocenters. The van der Waals surface area contributed by atoms with E-state index in [1.807, 2.05) is 6.08 Å². The number of allylic oxidation sites excluding steroid dienone is 1. The van der Waals surface area contributed by atoms with E-state index in [0.29, 0.717) is 6.42 Å². The Balaban J connectivity index is 3.35. The molecule has 0 radical (unpaired) electrons. The molecule has 0 heterocycles. The van der Waals surface area contributed by atoms with Gasteiger partial charge in [0.25, 0.3) is 0 Å². The summed E-state index contributed by atoms with van der Waals surface area (Å²) in [5.41, 5.74) is 0. The van der Waals surface area contributed by atoms with Gasteiger partial charge in [-0.2, -0.15) is 0 Å². The van der Waals surface area contributed by atoms with Crippen molar-refractivity contribution < 1.29 is 15.0 Å². The molecule has 2 unspecified atom stereocenters. The molecule has 0 bridgehead atoms. The second-order valence-electron chi connectivity index (χ2n) is 14.8. The summed E-state index contributed by atoms with van der Waals surface area (Å²) in [4.78, 5) is 12.1. The van der Waals surface area contributed by atoms with Crippen molar-refractivity contribution in [3.8, 4) is 0 Å². The first-order valence-electron chi connectivity index (χ1n) is 21.4. The lowest BCUT2D eigenvalue weighted by molar-refractivity contribution is -0.123. The normalized spacial score (nSPS) is 13.0. The van der Waals surface area contributed by atoms with Gasteiger partial charge in [-0.3, -0.25) is 4.79 Å². The number of carbonyl (C=O) groups is 1. The second kappa shape index (κ2) is 39.6. The summed E-state index contributed by atoms with van der Waals surface area (Å²) in [6.07, 6.45) is 49.5. The molecule has 47 heavy (non-hydrogen) atoms. The highest BCUT2D eigenvalue weighted by atomic mass is 16.3. The van der Waals surface area contributed by atoms with Crippen LogP contribution in [-0.2, 0) is 4.79 Å². The number of aliphatic hydroxyl groups is 2. The molecular formula is C43H85NO3. The maximum absolute atomic E-state index is 12.1. The van der Waals surface area contributed by atoms with Crippen LogP contribution in [0.15, 0.2) is 12.2 Å². The molecule has 0 aliphatic carbocycles. The topological polar surface area (TPSA) is 69.6 Å². The molecule has 0 saturated heterocycles. The van der Waals surface area contributed by atoms with Gasteiger partial charge in [0.2, 0.25) is 5.91 Å². The van der Waals surface area contributed by atoms with E-state index in [0.717, 1.165) is 32.1 Å². The first-order chi connectivity index (χ1) is 23.2. The lowest BCUT2D eigenvalue weighted by Gasteiger charge is -2.20. The average Bonchev–Trinajstić information content (AvgIpc) is 3.07. The molecule has 1 amide bonds. The first kappa shape index (κ1) is 46.1. The standard InChI is InChI=1S/C43H85NO3/c1-3-5-7-9-10-11-12-13-14-15-16-17-18-19-20-21-22-23-24-25-26-27-28-29-30-31-32-33-35-36-38-42(46)41(40-45)44-43(47)39-37-34-8-6-4-2/h36,38,41-42,45-46H,3-35,37,39-40H2,1-2H3,(H,44,47)/b38-36+. The van der Waals surface area contributed by atoms with Crippen LogP contribution in [-0.4, -0.2) is 34.9 Å². The third-order valence-electron chi connectivity index (χ3n) is 10.0. The summed E-state index contributed by atoms with van der Waals surface area (Å²) in [7, 11) is 0. The summed E-state index contributed by atoms with van der Waals surface area (Å²) in [5, 5.41) is 22.7. The van der Waals surface area contributed by atoms with Crippen LogP contribution in [0.5, 0.6) is 0 Å². The summed E-state index contributed by atoms with van der Waals surface area (Å²) < 4.78 is 0. The zero-order valence-electron chi connectivity index (χ0n) is 32.1. The molecule has 280 valence electrons. The number of hydrogen-bond donors (Lipinski definition) is 3. The van der Waals surface area contributed by atoms with Crippen molar-refractivity contribution in [2.45, 2.75) is 251 Å². The Morgan fingerprint density at radius 2 is 0.787 bits per heavy atom. The van der Waals surface area contributed by atoms with Crippen LogP contribution < -0.4 is 5.32 Å². The largest absolute Gasteiger partial charge is 0.394 e. The fraction of sp³-hybridized carbons (Fsp3) is 0.930. The Bertz CT molecular complexity index is 637. The lowest BCUT2D eigenvalue weighted by atomic mass is 10.0. The Morgan fingerprint density at radius 1 is 0.489 bits per heavy atom. The molecule has 4 heteroatoms. The number of rotatable bonds is 39. The molecule has 3 N–H and O–H groups in total. The van der Waals surface area contributed by atoms with Crippen molar-refractivity contribution in [1.29, 1.82) is 0 Å². The third kappa shape index (κ3) is 36.2. The average molecular weight is 664 g/mol. The smallest absolute Gasteiger partial charge is 0.220 e. The lowest BCUT2D eigenvalue weighted by Crippen LogP contribution is -2.45. The molecule has 0 aromatic rings. The van der Waals surface area contributed by atoms with Gasteiger partial charge >= 0.3 is 0 Å². The Morgan fingerprint density at radius 3 is 1.11 bits per heavy atom. The molecule has 0 aromatic carbocycles. The minimum Gasteiger partial charge on any atom is -0.394 e. The van der Waals surface area contributed by atoms with E-state index >= 15 is 0 Å². The molecule has 0 aliphatic heterocycles. The van der Waals surface area contributed by atoms with Gasteiger partial charge in [-0.05, 0) is 19.3 Å². The van der Waals surface area contributed by atoms with Gasteiger partial charge in [0.15, 0.2) is 0 Å². The Kier molecular flexibility index (Phi) is 38.8. The summed E-state index contributed by atoms with van der Waals surface area (Å²) in [5.74, 6) is -0.0752. The highest BCUT2D eigenvalue weighted by Gasteiger charge is 2.17. The summed E-state index contributed by atoms with van der Waals surface area (Å²) in [6.45, 7) is 4.24. The van der Waals surface area contributed by atoms with Crippen molar-refractivity contribution >= 4 is 5.91 Å². The predicted octanol–water partition coefficient (Wildman–Crippen LogP) is 13.1. The van der Waals surface area contributed by atoms with Crippen LogP contribution in [0, 0.1) is 0 Å². The van der Waals surface area contributed by atoms with Gasteiger partial charge < -0.3 is 15.5 Å². The molecule has 4 nitrogen and oxygen atoms in total. The fourth-order valence-electron chi connectivity index (χ4n) is 6.71. The molecular weight excluding hydrogens is 578 g/mol. The third-order valence-corrected chi connectivity index (χ3v) is 10.0. The van der Waals surface area contributed by atoms with E-state index in [-0.39, 0.29) is 12.5 Å². The van der Waals surface area contributed by atoms with E-state index in [9.17, 15) is 15.0 Å². The molecule has 0 rings (SSSR count). The Labute approximate surface area is 295 Å². The minimum absolute atomic E-state index is 0.0752. The number of nitrogens with one attached hydrogen (secondary N) is 1. The van der Waals surface area contributed by atoms with Crippen LogP contribution in [0.4, 0.5) is 0 Å². The van der Waals surface area contributed by atoms with E-state index in [1.54, 1.807) is 6.08 Å². The van der Waals surface area contributed by atoms with Gasteiger partial charge in [-0.25, -0.2) is 0 Å². The fourth-order valence-corrected chi connectivity index (χ4v) is 6.71. The van der Waals surface area contributed by atoms with Crippen molar-refractivity contribution in [3.05, 3.63) is 12.2 Å². The summed E-state index contributed by atoms with van der Waals surface area (Å²) >= 11 is 0. The minimum atomic E-state index is -0.831. The second-order valence-corrected chi connectivity index (χ2v) is 14.8. The van der Waals surface area contributed by atoms with Crippen molar-refractivity contribution in [1.82, 2.24) is 5.32 Å². The number of hydrogen-bond acceptors (Lipinski definition) is 3. The van der Waals surface area contributed by atoms with Crippen LogP contribution in [0.2, 0.25) is 0 Å². The molecule has 0 spiro atoms. The number of aliphatic hydroxyl groups excluding tert-OH is 2. The van der Waals surface area contributed by atoms with Crippen molar-refractivity contribution in [3.63, 3.8) is 0 Å². The van der Waals surface area contributed by atoms with Gasteiger partial charge in [0.05, 0.1) is 18.8 Å². The maximum Gasteiger partial charge on any atom is 0.220 e. The predicted molar refractivity (Wildman–Crippen MR) is 207 cm³/mol. The number of unbranched alkanes of at least 4 members (excludes halogenated alkanes) is 32. The Hall–Kier alpha value is -0.870.